The Labute approximate surface area is 203 Å². The zero-order chi connectivity index (χ0) is 23.9. The number of carbonyl (C=O) groups is 1. The molecule has 0 spiro atoms. The van der Waals surface area contributed by atoms with Crippen molar-refractivity contribution in [3.8, 4) is 28.4 Å². The van der Waals surface area contributed by atoms with Gasteiger partial charge in [-0.25, -0.2) is 0 Å². The molecule has 2 N–H and O–H groups in total. The van der Waals surface area contributed by atoms with Crippen LogP contribution in [0.15, 0.2) is 91.0 Å². The predicted octanol–water partition coefficient (Wildman–Crippen LogP) is 6.60. The standard InChI is InChI=1S/C28H24ClNO4/c1-33-27-11-3-2-6-19(27)14-15-34-24-10-5-9-23(18-24)30-28(32)25-17-21(12-13-26(25)31)20-7-4-8-22(29)16-20/h2-13,16-18,31H,14-15H2,1H3,(H,30,32). The SMILES string of the molecule is COc1ccccc1CCOc1cccc(NC(=O)c2cc(-c3cccc(Cl)c3)ccc2O)c1. The number of amides is 1. The molecule has 6 heteroatoms. The monoisotopic (exact) mass is 473 g/mol. The molecule has 0 aliphatic heterocycles. The van der Waals surface area contributed by atoms with Gasteiger partial charge in [0.15, 0.2) is 0 Å². The van der Waals surface area contributed by atoms with E-state index < -0.39 is 5.91 Å². The summed E-state index contributed by atoms with van der Waals surface area (Å²) in [6.45, 7) is 0.459. The van der Waals surface area contributed by atoms with Crippen molar-refractivity contribution in [1.29, 1.82) is 0 Å². The minimum absolute atomic E-state index is 0.104. The van der Waals surface area contributed by atoms with Crippen molar-refractivity contribution in [3.63, 3.8) is 0 Å². The highest BCUT2D eigenvalue weighted by molar-refractivity contribution is 6.30. The molecule has 4 aromatic carbocycles. The van der Waals surface area contributed by atoms with Crippen LogP contribution in [-0.2, 0) is 6.42 Å². The van der Waals surface area contributed by atoms with E-state index >= 15 is 0 Å². The molecule has 0 heterocycles. The summed E-state index contributed by atoms with van der Waals surface area (Å²) < 4.78 is 11.3. The number of aromatic hydroxyl groups is 1. The van der Waals surface area contributed by atoms with E-state index in [1.54, 1.807) is 43.5 Å². The van der Waals surface area contributed by atoms with Crippen molar-refractivity contribution < 1.29 is 19.4 Å². The molecule has 0 radical (unpaired) electrons. The second kappa shape index (κ2) is 10.8. The molecule has 0 atom stereocenters. The van der Waals surface area contributed by atoms with Crippen LogP contribution < -0.4 is 14.8 Å². The van der Waals surface area contributed by atoms with Gasteiger partial charge in [0.1, 0.15) is 17.2 Å². The molecule has 1 amide bonds. The Kier molecular flexibility index (Phi) is 7.35. The number of hydrogen-bond acceptors (Lipinski definition) is 4. The smallest absolute Gasteiger partial charge is 0.259 e. The molecule has 4 aromatic rings. The van der Waals surface area contributed by atoms with Crippen LogP contribution in [0.3, 0.4) is 0 Å². The van der Waals surface area contributed by atoms with E-state index in [-0.39, 0.29) is 11.3 Å². The largest absolute Gasteiger partial charge is 0.507 e. The molecule has 0 saturated carbocycles. The molecular weight excluding hydrogens is 450 g/mol. The first-order chi connectivity index (χ1) is 16.5. The number of phenolic OH excluding ortho intramolecular Hbond substituents is 1. The molecule has 172 valence electrons. The number of carbonyl (C=O) groups excluding carboxylic acids is 1. The van der Waals surface area contributed by atoms with E-state index in [2.05, 4.69) is 5.32 Å². The van der Waals surface area contributed by atoms with Gasteiger partial charge < -0.3 is 19.9 Å². The van der Waals surface area contributed by atoms with E-state index in [0.717, 1.165) is 22.4 Å². The van der Waals surface area contributed by atoms with Crippen LogP contribution in [-0.4, -0.2) is 24.7 Å². The van der Waals surface area contributed by atoms with Gasteiger partial charge in [-0.15, -0.1) is 0 Å². The van der Waals surface area contributed by atoms with Crippen LogP contribution in [0.25, 0.3) is 11.1 Å². The molecule has 0 aliphatic rings. The summed E-state index contributed by atoms with van der Waals surface area (Å²) in [7, 11) is 1.65. The summed E-state index contributed by atoms with van der Waals surface area (Å²) in [6.07, 6.45) is 0.685. The maximum Gasteiger partial charge on any atom is 0.259 e. The third-order valence-corrected chi connectivity index (χ3v) is 5.56. The fourth-order valence-electron chi connectivity index (χ4n) is 3.62. The van der Waals surface area contributed by atoms with Crippen molar-refractivity contribution in [1.82, 2.24) is 0 Å². The minimum Gasteiger partial charge on any atom is -0.507 e. The number of nitrogens with one attached hydrogen (secondary N) is 1. The fourth-order valence-corrected chi connectivity index (χ4v) is 3.81. The number of halogens is 1. The van der Waals surface area contributed by atoms with E-state index in [1.165, 1.54) is 6.07 Å². The molecule has 4 rings (SSSR count). The van der Waals surface area contributed by atoms with Crippen LogP contribution in [0.1, 0.15) is 15.9 Å². The summed E-state index contributed by atoms with van der Waals surface area (Å²) in [5.41, 5.74) is 3.42. The van der Waals surface area contributed by atoms with Crippen molar-refractivity contribution in [2.75, 3.05) is 19.0 Å². The number of methoxy groups -OCH3 is 1. The predicted molar refractivity (Wildman–Crippen MR) is 135 cm³/mol. The first-order valence-corrected chi connectivity index (χ1v) is 11.2. The lowest BCUT2D eigenvalue weighted by Gasteiger charge is -2.12. The van der Waals surface area contributed by atoms with Gasteiger partial charge in [0.2, 0.25) is 0 Å². The van der Waals surface area contributed by atoms with Gasteiger partial charge in [-0.1, -0.05) is 54.1 Å². The Morgan fingerprint density at radius 3 is 2.53 bits per heavy atom. The maximum absolute atomic E-state index is 12.9. The molecule has 0 unspecified atom stereocenters. The molecule has 0 fully saturated rings. The van der Waals surface area contributed by atoms with E-state index in [1.807, 2.05) is 48.5 Å². The van der Waals surface area contributed by atoms with E-state index in [0.29, 0.717) is 29.5 Å². The van der Waals surface area contributed by atoms with Crippen LogP contribution >= 0.6 is 11.6 Å². The summed E-state index contributed by atoms with van der Waals surface area (Å²) in [6, 6.07) is 27.2. The van der Waals surface area contributed by atoms with Crippen LogP contribution in [0.5, 0.6) is 17.2 Å². The molecular formula is C28H24ClNO4. The van der Waals surface area contributed by atoms with Crippen LogP contribution in [0, 0.1) is 0 Å². The zero-order valence-corrected chi connectivity index (χ0v) is 19.4. The summed E-state index contributed by atoms with van der Waals surface area (Å²) in [4.78, 5) is 12.9. The maximum atomic E-state index is 12.9. The summed E-state index contributed by atoms with van der Waals surface area (Å²) >= 11 is 6.09. The first-order valence-electron chi connectivity index (χ1n) is 10.8. The van der Waals surface area contributed by atoms with Gasteiger partial charge in [-0.05, 0) is 59.2 Å². The molecule has 0 saturated heterocycles. The second-order valence-electron chi connectivity index (χ2n) is 7.63. The lowest BCUT2D eigenvalue weighted by Crippen LogP contribution is -2.12. The van der Waals surface area contributed by atoms with Gasteiger partial charge in [-0.3, -0.25) is 4.79 Å². The molecule has 0 bridgehead atoms. The van der Waals surface area contributed by atoms with Gasteiger partial charge in [0.25, 0.3) is 5.91 Å². The zero-order valence-electron chi connectivity index (χ0n) is 18.6. The lowest BCUT2D eigenvalue weighted by molar-refractivity contribution is 0.102. The lowest BCUT2D eigenvalue weighted by atomic mass is 10.0. The Morgan fingerprint density at radius 2 is 1.71 bits per heavy atom. The number of benzene rings is 4. The fraction of sp³-hybridized carbons (Fsp3) is 0.107. The van der Waals surface area contributed by atoms with Crippen molar-refractivity contribution in [2.45, 2.75) is 6.42 Å². The van der Waals surface area contributed by atoms with Crippen LogP contribution in [0.4, 0.5) is 5.69 Å². The second-order valence-corrected chi connectivity index (χ2v) is 8.07. The quantitative estimate of drug-likeness (QED) is 0.302. The third-order valence-electron chi connectivity index (χ3n) is 5.32. The Balaban J connectivity index is 1.44. The minimum atomic E-state index is -0.424. The number of rotatable bonds is 8. The number of ether oxygens (including phenoxy) is 2. The van der Waals surface area contributed by atoms with Crippen molar-refractivity contribution in [2.24, 2.45) is 0 Å². The van der Waals surface area contributed by atoms with E-state index in [9.17, 15) is 9.90 Å². The van der Waals surface area contributed by atoms with Crippen molar-refractivity contribution >= 4 is 23.2 Å². The van der Waals surface area contributed by atoms with Gasteiger partial charge in [-0.2, -0.15) is 0 Å². The summed E-state index contributed by atoms with van der Waals surface area (Å²) in [5, 5.41) is 13.7. The highest BCUT2D eigenvalue weighted by Crippen LogP contribution is 2.29. The normalized spacial score (nSPS) is 10.5. The number of phenols is 1. The van der Waals surface area contributed by atoms with Crippen LogP contribution in [0.2, 0.25) is 5.02 Å². The number of anilines is 1. The highest BCUT2D eigenvalue weighted by Gasteiger charge is 2.14. The molecule has 0 aromatic heterocycles. The molecule has 5 nitrogen and oxygen atoms in total. The Bertz CT molecular complexity index is 1310. The Hall–Kier alpha value is -3.96. The number of hydrogen-bond donors (Lipinski definition) is 2. The molecule has 0 aliphatic carbocycles. The average molecular weight is 474 g/mol. The highest BCUT2D eigenvalue weighted by atomic mass is 35.5. The average Bonchev–Trinajstić information content (AvgIpc) is 2.85. The third kappa shape index (κ3) is 5.69. The number of para-hydroxylation sites is 1. The summed E-state index contributed by atoms with van der Waals surface area (Å²) in [5.74, 6) is 0.927. The van der Waals surface area contributed by atoms with Gasteiger partial charge in [0, 0.05) is 23.2 Å². The topological polar surface area (TPSA) is 67.8 Å². The molecule has 34 heavy (non-hydrogen) atoms. The van der Waals surface area contributed by atoms with Gasteiger partial charge >= 0.3 is 0 Å². The van der Waals surface area contributed by atoms with E-state index in [4.69, 9.17) is 21.1 Å². The van der Waals surface area contributed by atoms with Crippen molar-refractivity contribution in [3.05, 3.63) is 107 Å². The van der Waals surface area contributed by atoms with Gasteiger partial charge in [0.05, 0.1) is 19.3 Å². The first kappa shape index (κ1) is 23.2. The Morgan fingerprint density at radius 1 is 0.912 bits per heavy atom.